The summed E-state index contributed by atoms with van der Waals surface area (Å²) < 4.78 is 26.6. The molecule has 1 aromatic carbocycles. The Morgan fingerprint density at radius 2 is 1.94 bits per heavy atom. The second-order valence-electron chi connectivity index (χ2n) is 4.81. The van der Waals surface area contributed by atoms with Crippen LogP contribution in [0.4, 0.5) is 8.78 Å². The Morgan fingerprint density at radius 1 is 1.33 bits per heavy atom. The lowest BCUT2D eigenvalue weighted by molar-refractivity contribution is -0.120. The lowest BCUT2D eigenvalue weighted by Gasteiger charge is -2.13. The monoisotopic (exact) mass is 255 g/mol. The van der Waals surface area contributed by atoms with Gasteiger partial charge in [0.05, 0.1) is 13.0 Å². The molecule has 3 nitrogen and oxygen atoms in total. The van der Waals surface area contributed by atoms with Crippen molar-refractivity contribution in [3.05, 3.63) is 35.4 Å². The van der Waals surface area contributed by atoms with Gasteiger partial charge in [0, 0.05) is 17.5 Å². The van der Waals surface area contributed by atoms with Crippen molar-refractivity contribution in [2.24, 2.45) is 5.41 Å². The Bertz CT molecular complexity index is 438. The number of amides is 1. The van der Waals surface area contributed by atoms with Crippen molar-refractivity contribution in [3.63, 3.8) is 0 Å². The Morgan fingerprint density at radius 3 is 2.44 bits per heavy atom. The van der Waals surface area contributed by atoms with Crippen LogP contribution in [0, 0.1) is 17.0 Å². The number of aliphatic hydroxyl groups is 1. The van der Waals surface area contributed by atoms with E-state index in [0.29, 0.717) is 6.54 Å². The molecule has 2 N–H and O–H groups in total. The Kier molecular flexibility index (Phi) is 3.61. The smallest absolute Gasteiger partial charge is 0.224 e. The van der Waals surface area contributed by atoms with Crippen LogP contribution >= 0.6 is 0 Å². The number of carbonyl (C=O) groups excluding carboxylic acids is 1. The molecule has 0 bridgehead atoms. The van der Waals surface area contributed by atoms with Crippen LogP contribution in [0.5, 0.6) is 0 Å². The molecule has 0 atom stereocenters. The van der Waals surface area contributed by atoms with Gasteiger partial charge in [0.15, 0.2) is 0 Å². The summed E-state index contributed by atoms with van der Waals surface area (Å²) in [6.07, 6.45) is 1.43. The van der Waals surface area contributed by atoms with Crippen molar-refractivity contribution in [3.8, 4) is 0 Å². The van der Waals surface area contributed by atoms with Gasteiger partial charge >= 0.3 is 0 Å². The summed E-state index contributed by atoms with van der Waals surface area (Å²) in [6, 6.07) is 3.51. The molecule has 0 aromatic heterocycles. The van der Waals surface area contributed by atoms with E-state index in [0.717, 1.165) is 25.0 Å². The molecule has 1 saturated carbocycles. The third-order valence-electron chi connectivity index (χ3n) is 3.35. The Balaban J connectivity index is 1.91. The number of aliphatic hydroxyl groups excluding tert-OH is 1. The van der Waals surface area contributed by atoms with Crippen LogP contribution < -0.4 is 5.32 Å². The standard InChI is InChI=1S/C13H15F2NO2/c14-10-2-1-3-11(15)9(10)6-12(18)16-7-13(8-17)4-5-13/h1-3,17H,4-8H2,(H,16,18). The van der Waals surface area contributed by atoms with Gasteiger partial charge in [-0.25, -0.2) is 8.78 Å². The van der Waals surface area contributed by atoms with E-state index in [2.05, 4.69) is 5.32 Å². The Hall–Kier alpha value is -1.49. The third kappa shape index (κ3) is 2.85. The fourth-order valence-corrected chi connectivity index (χ4v) is 1.78. The maximum Gasteiger partial charge on any atom is 0.224 e. The Labute approximate surface area is 104 Å². The molecule has 98 valence electrons. The van der Waals surface area contributed by atoms with Crippen molar-refractivity contribution in [2.45, 2.75) is 19.3 Å². The SMILES string of the molecule is O=C(Cc1c(F)cccc1F)NCC1(CO)CC1. The lowest BCUT2D eigenvalue weighted by Crippen LogP contribution is -2.33. The van der Waals surface area contributed by atoms with Gasteiger partial charge < -0.3 is 10.4 Å². The van der Waals surface area contributed by atoms with Crippen LogP contribution in [0.3, 0.4) is 0 Å². The average Bonchev–Trinajstić information content (AvgIpc) is 3.12. The first kappa shape index (κ1) is 13.0. The van der Waals surface area contributed by atoms with Crippen LogP contribution in [0.1, 0.15) is 18.4 Å². The number of hydrogen-bond donors (Lipinski definition) is 2. The molecule has 1 aliphatic rings. The van der Waals surface area contributed by atoms with Gasteiger partial charge in [-0.1, -0.05) is 6.07 Å². The highest BCUT2D eigenvalue weighted by Crippen LogP contribution is 2.44. The zero-order valence-corrected chi connectivity index (χ0v) is 9.88. The van der Waals surface area contributed by atoms with Crippen molar-refractivity contribution >= 4 is 5.91 Å². The lowest BCUT2D eigenvalue weighted by atomic mass is 10.1. The number of benzene rings is 1. The normalized spacial score (nSPS) is 16.4. The fraction of sp³-hybridized carbons (Fsp3) is 0.462. The summed E-state index contributed by atoms with van der Waals surface area (Å²) >= 11 is 0. The molecular formula is C13H15F2NO2. The zero-order valence-electron chi connectivity index (χ0n) is 9.88. The van der Waals surface area contributed by atoms with Gasteiger partial charge in [-0.05, 0) is 25.0 Å². The molecule has 0 spiro atoms. The van der Waals surface area contributed by atoms with Gasteiger partial charge in [-0.15, -0.1) is 0 Å². The van der Waals surface area contributed by atoms with E-state index in [1.54, 1.807) is 0 Å². The van der Waals surface area contributed by atoms with E-state index in [4.69, 9.17) is 5.11 Å². The topological polar surface area (TPSA) is 49.3 Å². The van der Waals surface area contributed by atoms with Crippen LogP contribution in [0.2, 0.25) is 0 Å². The van der Waals surface area contributed by atoms with Gasteiger partial charge in [-0.3, -0.25) is 4.79 Å². The first-order chi connectivity index (χ1) is 8.56. The molecule has 1 aromatic rings. The zero-order chi connectivity index (χ0) is 13.2. The molecule has 0 heterocycles. The van der Waals surface area contributed by atoms with Gasteiger partial charge in [0.25, 0.3) is 0 Å². The van der Waals surface area contributed by atoms with Gasteiger partial charge in [-0.2, -0.15) is 0 Å². The number of carbonyl (C=O) groups is 1. The highest BCUT2D eigenvalue weighted by Gasteiger charge is 2.42. The highest BCUT2D eigenvalue weighted by atomic mass is 19.1. The molecule has 1 fully saturated rings. The van der Waals surface area contributed by atoms with Crippen molar-refractivity contribution in [1.82, 2.24) is 5.32 Å². The van der Waals surface area contributed by atoms with Crippen LogP contribution in [-0.2, 0) is 11.2 Å². The summed E-state index contributed by atoms with van der Waals surface area (Å²) in [5.74, 6) is -1.86. The molecule has 1 amide bonds. The molecule has 2 rings (SSSR count). The maximum atomic E-state index is 13.3. The first-order valence-electron chi connectivity index (χ1n) is 5.87. The summed E-state index contributed by atoms with van der Waals surface area (Å²) in [5.41, 5.74) is -0.424. The molecule has 5 heteroatoms. The second kappa shape index (κ2) is 5.02. The molecule has 0 aliphatic heterocycles. The largest absolute Gasteiger partial charge is 0.396 e. The fourth-order valence-electron chi connectivity index (χ4n) is 1.78. The summed E-state index contributed by atoms with van der Waals surface area (Å²) in [7, 11) is 0. The molecule has 0 unspecified atom stereocenters. The minimum absolute atomic E-state index is 0.0291. The quantitative estimate of drug-likeness (QED) is 0.835. The number of nitrogens with one attached hydrogen (secondary N) is 1. The van der Waals surface area contributed by atoms with Crippen LogP contribution in [-0.4, -0.2) is 24.2 Å². The first-order valence-corrected chi connectivity index (χ1v) is 5.87. The van der Waals surface area contributed by atoms with E-state index in [1.807, 2.05) is 0 Å². The molecule has 1 aliphatic carbocycles. The molecule has 0 radical (unpaired) electrons. The average molecular weight is 255 g/mol. The minimum atomic E-state index is -0.714. The summed E-state index contributed by atoms with van der Waals surface area (Å²) in [4.78, 5) is 11.6. The third-order valence-corrected chi connectivity index (χ3v) is 3.35. The maximum absolute atomic E-state index is 13.3. The predicted molar refractivity (Wildman–Crippen MR) is 61.8 cm³/mol. The van der Waals surface area contributed by atoms with Crippen LogP contribution in [0.15, 0.2) is 18.2 Å². The number of hydrogen-bond acceptors (Lipinski definition) is 2. The summed E-state index contributed by atoms with van der Waals surface area (Å²) in [6.45, 7) is 0.389. The van der Waals surface area contributed by atoms with E-state index in [9.17, 15) is 13.6 Å². The van der Waals surface area contributed by atoms with E-state index in [-0.39, 0.29) is 24.0 Å². The van der Waals surface area contributed by atoms with Crippen molar-refractivity contribution in [1.29, 1.82) is 0 Å². The van der Waals surface area contributed by atoms with Crippen molar-refractivity contribution < 1.29 is 18.7 Å². The van der Waals surface area contributed by atoms with Gasteiger partial charge in [0.1, 0.15) is 11.6 Å². The van der Waals surface area contributed by atoms with Gasteiger partial charge in [0.2, 0.25) is 5.91 Å². The molecule has 18 heavy (non-hydrogen) atoms. The number of rotatable bonds is 5. The van der Waals surface area contributed by atoms with E-state index in [1.165, 1.54) is 6.07 Å². The van der Waals surface area contributed by atoms with Crippen LogP contribution in [0.25, 0.3) is 0 Å². The summed E-state index contributed by atoms with van der Waals surface area (Å²) in [5, 5.41) is 11.7. The predicted octanol–water partition coefficient (Wildman–Crippen LogP) is 1.40. The van der Waals surface area contributed by atoms with E-state index >= 15 is 0 Å². The van der Waals surface area contributed by atoms with E-state index < -0.39 is 17.5 Å². The molecular weight excluding hydrogens is 240 g/mol. The van der Waals surface area contributed by atoms with Crippen molar-refractivity contribution in [2.75, 3.05) is 13.2 Å². The number of halogens is 2. The molecule has 0 saturated heterocycles. The minimum Gasteiger partial charge on any atom is -0.396 e. The second-order valence-corrected chi connectivity index (χ2v) is 4.81. The highest BCUT2D eigenvalue weighted by molar-refractivity contribution is 5.78.